The highest BCUT2D eigenvalue weighted by Crippen LogP contribution is 2.26. The van der Waals surface area contributed by atoms with Gasteiger partial charge in [-0.25, -0.2) is 14.9 Å². The van der Waals surface area contributed by atoms with Crippen LogP contribution in [0.3, 0.4) is 0 Å². The van der Waals surface area contributed by atoms with Crippen LogP contribution in [-0.2, 0) is 6.54 Å². The molecule has 2 heterocycles. The normalized spacial score (nSPS) is 10.6. The number of nitrogens with one attached hydrogen (secondary N) is 1. The van der Waals surface area contributed by atoms with Gasteiger partial charge in [-0.1, -0.05) is 6.92 Å². The number of carbonyl (C=O) groups excluding carboxylic acids is 1. The number of H-pyrrole nitrogens is 1. The number of carbonyl (C=O) groups is 1. The molecule has 0 spiro atoms. The molecule has 0 amide bonds. The summed E-state index contributed by atoms with van der Waals surface area (Å²) in [7, 11) is 0. The lowest BCUT2D eigenvalue weighted by atomic mass is 10.2. The van der Waals surface area contributed by atoms with E-state index in [0.717, 1.165) is 23.3 Å². The van der Waals surface area contributed by atoms with E-state index in [-0.39, 0.29) is 5.69 Å². The molecule has 7 heteroatoms. The average molecular weight is 278 g/mol. The molecule has 0 aliphatic heterocycles. The summed E-state index contributed by atoms with van der Waals surface area (Å²) in [5.41, 5.74) is 1.20. The van der Waals surface area contributed by atoms with Crippen LogP contribution in [0.2, 0.25) is 0 Å². The minimum absolute atomic E-state index is 0.216. The van der Waals surface area contributed by atoms with E-state index in [9.17, 15) is 9.59 Å². The zero-order chi connectivity index (χ0) is 13.8. The van der Waals surface area contributed by atoms with Crippen molar-refractivity contribution in [2.45, 2.75) is 37.0 Å². The first-order valence-electron chi connectivity index (χ1n) is 5.90. The molecular weight excluding hydrogens is 264 g/mol. The summed E-state index contributed by atoms with van der Waals surface area (Å²) in [4.78, 5) is 26.4. The van der Waals surface area contributed by atoms with Gasteiger partial charge < -0.3 is 0 Å². The summed E-state index contributed by atoms with van der Waals surface area (Å²) in [6.07, 6.45) is 3.12. The molecule has 19 heavy (non-hydrogen) atoms. The van der Waals surface area contributed by atoms with E-state index in [1.807, 2.05) is 13.8 Å². The summed E-state index contributed by atoms with van der Waals surface area (Å²) in [5, 5.41) is 7.75. The first kappa shape index (κ1) is 13.5. The summed E-state index contributed by atoms with van der Waals surface area (Å²) in [6, 6.07) is 1.76. The van der Waals surface area contributed by atoms with Crippen LogP contribution in [-0.4, -0.2) is 26.0 Å². The van der Waals surface area contributed by atoms with Crippen LogP contribution in [0.15, 0.2) is 27.2 Å². The maximum atomic E-state index is 11.6. The monoisotopic (exact) mass is 278 g/mol. The Morgan fingerprint density at radius 3 is 2.95 bits per heavy atom. The third kappa shape index (κ3) is 2.93. The van der Waals surface area contributed by atoms with Crippen molar-refractivity contribution >= 4 is 18.0 Å². The predicted octanol–water partition coefficient (Wildman–Crippen LogP) is 1.65. The van der Waals surface area contributed by atoms with Gasteiger partial charge in [-0.3, -0.25) is 9.36 Å². The van der Waals surface area contributed by atoms with Crippen molar-refractivity contribution in [3.63, 3.8) is 0 Å². The third-order valence-corrected chi connectivity index (χ3v) is 3.66. The number of aromatic nitrogens is 4. The van der Waals surface area contributed by atoms with E-state index in [4.69, 9.17) is 0 Å². The standard InChI is InChI=1S/C12H14N4O2S/c1-3-4-16-11(18)14-15-12(16)19-10-8(2)5-9(7-17)6-13-10/h5-7H,3-4H2,1-2H3,(H,14,18). The summed E-state index contributed by atoms with van der Waals surface area (Å²) >= 11 is 1.31. The zero-order valence-electron chi connectivity index (χ0n) is 10.7. The van der Waals surface area contributed by atoms with Gasteiger partial charge in [0.2, 0.25) is 0 Å². The van der Waals surface area contributed by atoms with Gasteiger partial charge in [-0.05, 0) is 36.7 Å². The molecule has 0 bridgehead atoms. The smallest absolute Gasteiger partial charge is 0.298 e. The molecule has 0 aliphatic carbocycles. The van der Waals surface area contributed by atoms with Crippen LogP contribution >= 0.6 is 11.8 Å². The van der Waals surface area contributed by atoms with Crippen molar-refractivity contribution in [2.75, 3.05) is 0 Å². The van der Waals surface area contributed by atoms with E-state index in [0.29, 0.717) is 17.3 Å². The molecule has 0 fully saturated rings. The van der Waals surface area contributed by atoms with Gasteiger partial charge >= 0.3 is 5.69 Å². The molecule has 1 N–H and O–H groups in total. The van der Waals surface area contributed by atoms with Crippen molar-refractivity contribution in [3.05, 3.63) is 33.9 Å². The maximum absolute atomic E-state index is 11.6. The molecule has 0 saturated heterocycles. The highest BCUT2D eigenvalue weighted by molar-refractivity contribution is 7.99. The zero-order valence-corrected chi connectivity index (χ0v) is 11.5. The van der Waals surface area contributed by atoms with Gasteiger partial charge in [0.05, 0.1) is 0 Å². The average Bonchev–Trinajstić information content (AvgIpc) is 2.74. The summed E-state index contributed by atoms with van der Waals surface area (Å²) in [5.74, 6) is 0. The topological polar surface area (TPSA) is 80.6 Å². The predicted molar refractivity (Wildman–Crippen MR) is 71.6 cm³/mol. The Balaban J connectivity index is 2.31. The fourth-order valence-electron chi connectivity index (χ4n) is 1.64. The Hall–Kier alpha value is -1.89. The summed E-state index contributed by atoms with van der Waals surface area (Å²) < 4.78 is 1.58. The van der Waals surface area contributed by atoms with Crippen molar-refractivity contribution in [2.24, 2.45) is 0 Å². The van der Waals surface area contributed by atoms with Gasteiger partial charge in [-0.15, -0.1) is 5.10 Å². The number of aldehydes is 1. The van der Waals surface area contributed by atoms with E-state index < -0.39 is 0 Å². The lowest BCUT2D eigenvalue weighted by molar-refractivity contribution is 0.112. The molecule has 2 rings (SSSR count). The van der Waals surface area contributed by atoms with E-state index >= 15 is 0 Å². The van der Waals surface area contributed by atoms with Gasteiger partial charge in [0.15, 0.2) is 11.4 Å². The second kappa shape index (κ2) is 5.83. The molecule has 2 aromatic heterocycles. The van der Waals surface area contributed by atoms with Gasteiger partial charge in [-0.2, -0.15) is 0 Å². The highest BCUT2D eigenvalue weighted by Gasteiger charge is 2.11. The van der Waals surface area contributed by atoms with Gasteiger partial charge in [0, 0.05) is 18.3 Å². The van der Waals surface area contributed by atoms with Gasteiger partial charge in [0.1, 0.15) is 5.03 Å². The molecular formula is C12H14N4O2S. The van der Waals surface area contributed by atoms with E-state index in [1.165, 1.54) is 18.0 Å². The number of aromatic amines is 1. The minimum Gasteiger partial charge on any atom is -0.298 e. The Bertz CT molecular complexity index is 647. The van der Waals surface area contributed by atoms with Crippen molar-refractivity contribution in [3.8, 4) is 0 Å². The highest BCUT2D eigenvalue weighted by atomic mass is 32.2. The second-order valence-electron chi connectivity index (χ2n) is 4.07. The van der Waals surface area contributed by atoms with Crippen LogP contribution in [0.1, 0.15) is 29.3 Å². The van der Waals surface area contributed by atoms with Crippen molar-refractivity contribution in [1.82, 2.24) is 19.7 Å². The molecule has 0 radical (unpaired) electrons. The van der Waals surface area contributed by atoms with Crippen LogP contribution < -0.4 is 5.69 Å². The molecule has 0 aliphatic rings. The Kier molecular flexibility index (Phi) is 4.16. The minimum atomic E-state index is -0.216. The first-order valence-corrected chi connectivity index (χ1v) is 6.72. The molecule has 0 atom stereocenters. The van der Waals surface area contributed by atoms with Gasteiger partial charge in [0.25, 0.3) is 0 Å². The first-order chi connectivity index (χ1) is 9.15. The van der Waals surface area contributed by atoms with Crippen LogP contribution in [0, 0.1) is 6.92 Å². The van der Waals surface area contributed by atoms with Crippen molar-refractivity contribution in [1.29, 1.82) is 0 Å². The summed E-state index contributed by atoms with van der Waals surface area (Å²) in [6.45, 7) is 4.48. The Morgan fingerprint density at radius 1 is 1.53 bits per heavy atom. The fourth-order valence-corrected chi connectivity index (χ4v) is 2.52. The number of rotatable bonds is 5. The maximum Gasteiger partial charge on any atom is 0.343 e. The quantitative estimate of drug-likeness (QED) is 0.841. The van der Waals surface area contributed by atoms with Crippen LogP contribution in [0.25, 0.3) is 0 Å². The lowest BCUT2D eigenvalue weighted by Crippen LogP contribution is -2.17. The number of hydrogen-bond donors (Lipinski definition) is 1. The second-order valence-corrected chi connectivity index (χ2v) is 5.03. The molecule has 0 unspecified atom stereocenters. The van der Waals surface area contributed by atoms with Crippen LogP contribution in [0.5, 0.6) is 0 Å². The third-order valence-electron chi connectivity index (χ3n) is 2.55. The number of hydrogen-bond acceptors (Lipinski definition) is 5. The molecule has 0 saturated carbocycles. The molecule has 100 valence electrons. The number of aryl methyl sites for hydroxylation is 1. The largest absolute Gasteiger partial charge is 0.343 e. The van der Waals surface area contributed by atoms with Crippen molar-refractivity contribution < 1.29 is 4.79 Å². The number of nitrogens with zero attached hydrogens (tertiary/aromatic N) is 3. The van der Waals surface area contributed by atoms with E-state index in [1.54, 1.807) is 10.6 Å². The van der Waals surface area contributed by atoms with Crippen LogP contribution in [0.4, 0.5) is 0 Å². The Labute approximate surface area is 114 Å². The molecule has 0 aromatic carbocycles. The molecule has 6 nitrogen and oxygen atoms in total. The Morgan fingerprint density at radius 2 is 2.32 bits per heavy atom. The number of pyridine rings is 1. The lowest BCUT2D eigenvalue weighted by Gasteiger charge is -2.05. The SMILES string of the molecule is CCCn1c(Sc2ncc(C=O)cc2C)n[nH]c1=O. The molecule has 2 aromatic rings. The fraction of sp³-hybridized carbons (Fsp3) is 0.333. The van der Waals surface area contributed by atoms with E-state index in [2.05, 4.69) is 15.2 Å².